The van der Waals surface area contributed by atoms with E-state index in [1.165, 1.54) is 42.4 Å². The van der Waals surface area contributed by atoms with E-state index in [2.05, 4.69) is 10.3 Å². The summed E-state index contributed by atoms with van der Waals surface area (Å²) in [6.45, 7) is 1.61. The van der Waals surface area contributed by atoms with Gasteiger partial charge >= 0.3 is 0 Å². The number of amides is 1. The fourth-order valence-corrected chi connectivity index (χ4v) is 2.87. The summed E-state index contributed by atoms with van der Waals surface area (Å²) < 4.78 is 0. The second-order valence-electron chi connectivity index (χ2n) is 5.06. The summed E-state index contributed by atoms with van der Waals surface area (Å²) in [6, 6.07) is 4.32. The lowest BCUT2D eigenvalue weighted by Crippen LogP contribution is -2.12. The summed E-state index contributed by atoms with van der Waals surface area (Å²) >= 11 is 1.40. The summed E-state index contributed by atoms with van der Waals surface area (Å²) in [5.74, 6) is 0.248. The third-order valence-electron chi connectivity index (χ3n) is 3.39. The van der Waals surface area contributed by atoms with Gasteiger partial charge < -0.3 is 0 Å². The molecule has 0 unspecified atom stereocenters. The van der Waals surface area contributed by atoms with E-state index in [-0.39, 0.29) is 11.6 Å². The summed E-state index contributed by atoms with van der Waals surface area (Å²) in [4.78, 5) is 26.8. The quantitative estimate of drug-likeness (QED) is 0.692. The van der Waals surface area contributed by atoms with E-state index in [1.807, 2.05) is 5.38 Å². The van der Waals surface area contributed by atoms with Crippen LogP contribution in [0.4, 0.5) is 10.8 Å². The molecule has 1 N–H and O–H groups in total. The Hall–Kier alpha value is -2.28. The topological polar surface area (TPSA) is 85.1 Å². The molecule has 1 aromatic heterocycles. The number of aryl methyl sites for hydroxylation is 1. The van der Waals surface area contributed by atoms with Crippen molar-refractivity contribution >= 4 is 28.1 Å². The Labute approximate surface area is 125 Å². The van der Waals surface area contributed by atoms with Gasteiger partial charge in [0.25, 0.3) is 11.6 Å². The lowest BCUT2D eigenvalue weighted by molar-refractivity contribution is -0.385. The molecule has 0 aliphatic heterocycles. The van der Waals surface area contributed by atoms with E-state index in [4.69, 9.17) is 0 Å². The van der Waals surface area contributed by atoms with Crippen LogP contribution >= 0.6 is 11.3 Å². The molecule has 7 heteroatoms. The van der Waals surface area contributed by atoms with E-state index >= 15 is 0 Å². The van der Waals surface area contributed by atoms with E-state index < -0.39 is 4.92 Å². The van der Waals surface area contributed by atoms with Gasteiger partial charge in [-0.1, -0.05) is 0 Å². The number of aromatic nitrogens is 1. The van der Waals surface area contributed by atoms with Crippen LogP contribution in [-0.2, 0) is 0 Å². The van der Waals surface area contributed by atoms with Crippen molar-refractivity contribution in [2.45, 2.75) is 25.7 Å². The normalized spacial score (nSPS) is 14.0. The number of hydrogen-bond donors (Lipinski definition) is 1. The highest BCUT2D eigenvalue weighted by atomic mass is 32.1. The number of nitro groups is 1. The molecule has 21 heavy (non-hydrogen) atoms. The largest absolute Gasteiger partial charge is 0.298 e. The molecule has 1 aliphatic rings. The highest BCUT2D eigenvalue weighted by molar-refractivity contribution is 7.14. The van der Waals surface area contributed by atoms with Crippen molar-refractivity contribution in [3.8, 4) is 0 Å². The van der Waals surface area contributed by atoms with Crippen molar-refractivity contribution < 1.29 is 9.72 Å². The highest BCUT2D eigenvalue weighted by Crippen LogP contribution is 2.40. The first kappa shape index (κ1) is 13.7. The van der Waals surface area contributed by atoms with Gasteiger partial charge in [0, 0.05) is 28.5 Å². The lowest BCUT2D eigenvalue weighted by Gasteiger charge is -2.03. The van der Waals surface area contributed by atoms with Crippen molar-refractivity contribution in [1.82, 2.24) is 4.98 Å². The highest BCUT2D eigenvalue weighted by Gasteiger charge is 2.26. The molecule has 2 aromatic rings. The zero-order chi connectivity index (χ0) is 15.0. The van der Waals surface area contributed by atoms with Crippen LogP contribution in [0.1, 0.15) is 40.4 Å². The van der Waals surface area contributed by atoms with Crippen LogP contribution in [0.15, 0.2) is 23.6 Å². The molecular weight excluding hydrogens is 290 g/mol. The molecule has 1 saturated carbocycles. The Balaban J connectivity index is 1.75. The minimum absolute atomic E-state index is 0.0109. The molecule has 3 rings (SSSR count). The number of rotatable bonds is 4. The number of thiazole rings is 1. The zero-order valence-corrected chi connectivity index (χ0v) is 12.1. The number of nitro benzene ring substituents is 1. The molecule has 1 aliphatic carbocycles. The summed E-state index contributed by atoms with van der Waals surface area (Å²) in [6.07, 6.45) is 2.33. The van der Waals surface area contributed by atoms with E-state index in [0.29, 0.717) is 22.2 Å². The molecule has 0 bridgehead atoms. The smallest absolute Gasteiger partial charge is 0.272 e. The molecule has 1 amide bonds. The van der Waals surface area contributed by atoms with Gasteiger partial charge in [-0.2, -0.15) is 0 Å². The Bertz CT molecular complexity index is 722. The van der Waals surface area contributed by atoms with Crippen LogP contribution in [0, 0.1) is 17.0 Å². The SMILES string of the molecule is Cc1cc(C(=O)Nc2nc(C3CC3)cs2)ccc1[N+](=O)[O-]. The number of nitrogens with zero attached hydrogens (tertiary/aromatic N) is 2. The van der Waals surface area contributed by atoms with E-state index in [1.54, 1.807) is 6.92 Å². The second-order valence-corrected chi connectivity index (χ2v) is 5.92. The fourth-order valence-electron chi connectivity index (χ4n) is 2.08. The molecule has 0 saturated heterocycles. The van der Waals surface area contributed by atoms with Crippen LogP contribution in [0.5, 0.6) is 0 Å². The third kappa shape index (κ3) is 2.92. The predicted molar refractivity (Wildman–Crippen MR) is 79.9 cm³/mol. The molecule has 1 fully saturated rings. The number of nitrogens with one attached hydrogen (secondary N) is 1. The molecule has 0 atom stereocenters. The van der Waals surface area contributed by atoms with Crippen LogP contribution in [0.2, 0.25) is 0 Å². The number of carbonyl (C=O) groups is 1. The average Bonchev–Trinajstić information content (AvgIpc) is 3.19. The number of carbonyl (C=O) groups excluding carboxylic acids is 1. The second kappa shape index (κ2) is 5.25. The Morgan fingerprint density at radius 3 is 2.86 bits per heavy atom. The maximum Gasteiger partial charge on any atom is 0.272 e. The molecule has 0 radical (unpaired) electrons. The van der Waals surface area contributed by atoms with Gasteiger partial charge in [0.05, 0.1) is 10.6 Å². The van der Waals surface area contributed by atoms with Gasteiger partial charge in [0.15, 0.2) is 5.13 Å². The van der Waals surface area contributed by atoms with Gasteiger partial charge in [-0.3, -0.25) is 20.2 Å². The molecule has 0 spiro atoms. The van der Waals surface area contributed by atoms with Crippen molar-refractivity contribution in [1.29, 1.82) is 0 Å². The molecule has 6 nitrogen and oxygen atoms in total. The first-order valence-corrected chi connectivity index (χ1v) is 7.44. The predicted octanol–water partition coefficient (Wildman–Crippen LogP) is 3.49. The maximum atomic E-state index is 12.1. The van der Waals surface area contributed by atoms with Crippen molar-refractivity contribution in [2.75, 3.05) is 5.32 Å². The first-order valence-electron chi connectivity index (χ1n) is 6.56. The van der Waals surface area contributed by atoms with Gasteiger partial charge in [-0.25, -0.2) is 4.98 Å². The van der Waals surface area contributed by atoms with Crippen molar-refractivity contribution in [3.05, 3.63) is 50.5 Å². The van der Waals surface area contributed by atoms with Crippen LogP contribution < -0.4 is 5.32 Å². The third-order valence-corrected chi connectivity index (χ3v) is 4.17. The average molecular weight is 303 g/mol. The number of anilines is 1. The van der Waals surface area contributed by atoms with E-state index in [0.717, 1.165) is 5.69 Å². The lowest BCUT2D eigenvalue weighted by atomic mass is 10.1. The summed E-state index contributed by atoms with van der Waals surface area (Å²) in [7, 11) is 0. The van der Waals surface area contributed by atoms with Crippen LogP contribution in [0.25, 0.3) is 0 Å². The van der Waals surface area contributed by atoms with Crippen LogP contribution in [0.3, 0.4) is 0 Å². The minimum atomic E-state index is -0.459. The van der Waals surface area contributed by atoms with Crippen molar-refractivity contribution in [2.24, 2.45) is 0 Å². The van der Waals surface area contributed by atoms with Gasteiger partial charge in [0.2, 0.25) is 0 Å². The zero-order valence-electron chi connectivity index (χ0n) is 11.3. The van der Waals surface area contributed by atoms with E-state index in [9.17, 15) is 14.9 Å². The minimum Gasteiger partial charge on any atom is -0.298 e. The first-order chi connectivity index (χ1) is 10.0. The Kier molecular flexibility index (Phi) is 3.42. The van der Waals surface area contributed by atoms with Crippen molar-refractivity contribution in [3.63, 3.8) is 0 Å². The molecule has 108 valence electrons. The molecular formula is C14H13N3O3S. The van der Waals surface area contributed by atoms with Crippen LogP contribution in [-0.4, -0.2) is 15.8 Å². The molecule has 1 aromatic carbocycles. The summed E-state index contributed by atoms with van der Waals surface area (Å²) in [5, 5.41) is 16.0. The standard InChI is InChI=1S/C14H13N3O3S/c1-8-6-10(4-5-12(8)17(19)20)13(18)16-14-15-11(7-21-14)9-2-3-9/h4-7,9H,2-3H2,1H3,(H,15,16,18). The summed E-state index contributed by atoms with van der Waals surface area (Å²) in [5.41, 5.74) is 1.90. The maximum absolute atomic E-state index is 12.1. The van der Waals surface area contributed by atoms with Gasteiger partial charge in [0.1, 0.15) is 0 Å². The van der Waals surface area contributed by atoms with Gasteiger partial charge in [-0.15, -0.1) is 11.3 Å². The monoisotopic (exact) mass is 303 g/mol. The number of hydrogen-bond acceptors (Lipinski definition) is 5. The van der Waals surface area contributed by atoms with Gasteiger partial charge in [-0.05, 0) is 31.9 Å². The Morgan fingerprint density at radius 2 is 2.24 bits per heavy atom. The Morgan fingerprint density at radius 1 is 1.48 bits per heavy atom. The molecule has 1 heterocycles. The fraction of sp³-hybridized carbons (Fsp3) is 0.286. The number of benzene rings is 1.